The van der Waals surface area contributed by atoms with Gasteiger partial charge in [-0.05, 0) is 37.0 Å². The standard InChI is InChI=1S/C17H19FN4O/c18-15-6-4-13(5-7-15)10-19-17-20-11-14(12-21-17)16(23)22-8-2-1-3-9-22/h4-7,11-12H,1-3,8-10H2,(H,19,20,21). The summed E-state index contributed by atoms with van der Waals surface area (Å²) in [7, 11) is 0. The SMILES string of the molecule is O=C(c1cnc(NCc2ccc(F)cc2)nc1)N1CCCCC1. The molecule has 0 unspecified atom stereocenters. The fraction of sp³-hybridized carbons (Fsp3) is 0.353. The zero-order valence-electron chi connectivity index (χ0n) is 12.8. The minimum absolute atomic E-state index is 0.00483. The van der Waals surface area contributed by atoms with Gasteiger partial charge in [-0.25, -0.2) is 14.4 Å². The Bertz CT molecular complexity index is 651. The third-order valence-corrected chi connectivity index (χ3v) is 3.91. The number of halogens is 1. The molecule has 6 heteroatoms. The Morgan fingerprint density at radius 2 is 1.74 bits per heavy atom. The van der Waals surface area contributed by atoms with Gasteiger partial charge in [0.15, 0.2) is 0 Å². The number of hydrogen-bond acceptors (Lipinski definition) is 4. The van der Waals surface area contributed by atoms with Crippen molar-refractivity contribution < 1.29 is 9.18 Å². The van der Waals surface area contributed by atoms with Gasteiger partial charge in [-0.2, -0.15) is 0 Å². The van der Waals surface area contributed by atoms with E-state index in [1.54, 1.807) is 24.5 Å². The van der Waals surface area contributed by atoms with E-state index in [-0.39, 0.29) is 11.7 Å². The average molecular weight is 314 g/mol. The zero-order chi connectivity index (χ0) is 16.1. The zero-order valence-corrected chi connectivity index (χ0v) is 12.8. The van der Waals surface area contributed by atoms with Crippen molar-refractivity contribution in [2.24, 2.45) is 0 Å². The second kappa shape index (κ2) is 7.17. The van der Waals surface area contributed by atoms with Crippen LogP contribution in [0.2, 0.25) is 0 Å². The summed E-state index contributed by atoms with van der Waals surface area (Å²) >= 11 is 0. The highest BCUT2D eigenvalue weighted by molar-refractivity contribution is 5.93. The Hall–Kier alpha value is -2.50. The normalized spacial score (nSPS) is 14.6. The molecule has 0 saturated carbocycles. The van der Waals surface area contributed by atoms with Gasteiger partial charge in [-0.1, -0.05) is 12.1 Å². The van der Waals surface area contributed by atoms with E-state index in [1.165, 1.54) is 18.6 Å². The van der Waals surface area contributed by atoms with Gasteiger partial charge in [-0.3, -0.25) is 4.79 Å². The van der Waals surface area contributed by atoms with Crippen LogP contribution in [0.1, 0.15) is 35.2 Å². The molecule has 1 aliphatic rings. The lowest BCUT2D eigenvalue weighted by Crippen LogP contribution is -2.35. The number of aromatic nitrogens is 2. The molecule has 3 rings (SSSR count). The number of nitrogens with zero attached hydrogens (tertiary/aromatic N) is 3. The summed E-state index contributed by atoms with van der Waals surface area (Å²) < 4.78 is 12.8. The first-order valence-corrected chi connectivity index (χ1v) is 7.82. The molecule has 2 aromatic rings. The van der Waals surface area contributed by atoms with Crippen LogP contribution in [0.15, 0.2) is 36.7 Å². The fourth-order valence-electron chi connectivity index (χ4n) is 2.59. The Labute approximate surface area is 134 Å². The molecule has 1 aromatic heterocycles. The molecule has 0 spiro atoms. The van der Waals surface area contributed by atoms with E-state index in [9.17, 15) is 9.18 Å². The van der Waals surface area contributed by atoms with Crippen LogP contribution in [-0.2, 0) is 6.54 Å². The molecule has 2 heterocycles. The summed E-state index contributed by atoms with van der Waals surface area (Å²) in [6, 6.07) is 6.24. The van der Waals surface area contributed by atoms with E-state index in [2.05, 4.69) is 15.3 Å². The van der Waals surface area contributed by atoms with Crippen molar-refractivity contribution in [3.8, 4) is 0 Å². The molecule has 1 N–H and O–H groups in total. The van der Waals surface area contributed by atoms with Crippen LogP contribution in [0, 0.1) is 5.82 Å². The number of piperidine rings is 1. The summed E-state index contributed by atoms with van der Waals surface area (Å²) in [5, 5.41) is 3.06. The highest BCUT2D eigenvalue weighted by atomic mass is 19.1. The summed E-state index contributed by atoms with van der Waals surface area (Å²) in [4.78, 5) is 22.5. The first-order chi connectivity index (χ1) is 11.2. The number of amides is 1. The molecule has 1 aromatic carbocycles. The second-order valence-corrected chi connectivity index (χ2v) is 5.63. The van der Waals surface area contributed by atoms with Crippen LogP contribution in [0.25, 0.3) is 0 Å². The van der Waals surface area contributed by atoms with E-state index in [4.69, 9.17) is 0 Å². The van der Waals surface area contributed by atoms with Gasteiger partial charge in [0.05, 0.1) is 5.56 Å². The van der Waals surface area contributed by atoms with Crippen molar-refractivity contribution >= 4 is 11.9 Å². The molecule has 0 atom stereocenters. The van der Waals surface area contributed by atoms with E-state index < -0.39 is 0 Å². The van der Waals surface area contributed by atoms with Crippen molar-refractivity contribution in [3.63, 3.8) is 0 Å². The van der Waals surface area contributed by atoms with E-state index >= 15 is 0 Å². The lowest BCUT2D eigenvalue weighted by Gasteiger charge is -2.26. The van der Waals surface area contributed by atoms with E-state index in [1.807, 2.05) is 4.90 Å². The summed E-state index contributed by atoms with van der Waals surface area (Å²) in [5.41, 5.74) is 1.45. The van der Waals surface area contributed by atoms with Crippen molar-refractivity contribution in [1.29, 1.82) is 0 Å². The molecule has 1 fully saturated rings. The van der Waals surface area contributed by atoms with Crippen molar-refractivity contribution in [3.05, 3.63) is 53.6 Å². The van der Waals surface area contributed by atoms with Crippen LogP contribution >= 0.6 is 0 Å². The monoisotopic (exact) mass is 314 g/mol. The van der Waals surface area contributed by atoms with Gasteiger partial charge in [0.1, 0.15) is 5.82 Å². The Kier molecular flexibility index (Phi) is 4.80. The Morgan fingerprint density at radius 3 is 2.39 bits per heavy atom. The van der Waals surface area contributed by atoms with Crippen LogP contribution in [0.3, 0.4) is 0 Å². The highest BCUT2D eigenvalue weighted by Gasteiger charge is 2.18. The average Bonchev–Trinajstić information content (AvgIpc) is 2.62. The molecular formula is C17H19FN4O. The number of carbonyl (C=O) groups excluding carboxylic acids is 1. The maximum absolute atomic E-state index is 12.8. The quantitative estimate of drug-likeness (QED) is 0.943. The molecule has 0 radical (unpaired) electrons. The van der Waals surface area contributed by atoms with Crippen molar-refractivity contribution in [1.82, 2.24) is 14.9 Å². The topological polar surface area (TPSA) is 58.1 Å². The number of hydrogen-bond donors (Lipinski definition) is 1. The van der Waals surface area contributed by atoms with Gasteiger partial charge in [0.25, 0.3) is 5.91 Å². The Morgan fingerprint density at radius 1 is 1.09 bits per heavy atom. The third-order valence-electron chi connectivity index (χ3n) is 3.91. The summed E-state index contributed by atoms with van der Waals surface area (Å²) in [6.07, 6.45) is 6.41. The largest absolute Gasteiger partial charge is 0.350 e. The van der Waals surface area contributed by atoms with Gasteiger partial charge in [-0.15, -0.1) is 0 Å². The van der Waals surface area contributed by atoms with Crippen LogP contribution < -0.4 is 5.32 Å². The first-order valence-electron chi connectivity index (χ1n) is 7.82. The van der Waals surface area contributed by atoms with Gasteiger partial charge in [0, 0.05) is 32.0 Å². The molecule has 5 nitrogen and oxygen atoms in total. The molecule has 1 amide bonds. The second-order valence-electron chi connectivity index (χ2n) is 5.63. The van der Waals surface area contributed by atoms with Crippen LogP contribution in [0.5, 0.6) is 0 Å². The predicted octanol–water partition coefficient (Wildman–Crippen LogP) is 2.85. The first kappa shape index (κ1) is 15.4. The smallest absolute Gasteiger partial charge is 0.256 e. The minimum atomic E-state index is -0.259. The Balaban J connectivity index is 1.58. The molecule has 23 heavy (non-hydrogen) atoms. The van der Waals surface area contributed by atoms with Gasteiger partial charge < -0.3 is 10.2 Å². The number of carbonyl (C=O) groups is 1. The van der Waals surface area contributed by atoms with E-state index in [0.717, 1.165) is 31.5 Å². The van der Waals surface area contributed by atoms with Gasteiger partial charge in [0.2, 0.25) is 5.95 Å². The highest BCUT2D eigenvalue weighted by Crippen LogP contribution is 2.13. The van der Waals surface area contributed by atoms with E-state index in [0.29, 0.717) is 18.1 Å². The third kappa shape index (κ3) is 4.03. The van der Waals surface area contributed by atoms with Crippen molar-refractivity contribution in [2.45, 2.75) is 25.8 Å². The predicted molar refractivity (Wildman–Crippen MR) is 85.5 cm³/mol. The maximum atomic E-state index is 12.8. The summed E-state index contributed by atoms with van der Waals surface area (Å²) in [6.45, 7) is 2.12. The number of rotatable bonds is 4. The molecule has 1 aliphatic heterocycles. The lowest BCUT2D eigenvalue weighted by molar-refractivity contribution is 0.0723. The number of nitrogens with one attached hydrogen (secondary N) is 1. The number of anilines is 1. The fourth-order valence-corrected chi connectivity index (χ4v) is 2.59. The molecule has 0 aliphatic carbocycles. The molecular weight excluding hydrogens is 295 g/mol. The lowest BCUT2D eigenvalue weighted by atomic mass is 10.1. The molecule has 1 saturated heterocycles. The molecule has 0 bridgehead atoms. The number of benzene rings is 1. The van der Waals surface area contributed by atoms with Crippen molar-refractivity contribution in [2.75, 3.05) is 18.4 Å². The maximum Gasteiger partial charge on any atom is 0.256 e. The molecule has 120 valence electrons. The summed E-state index contributed by atoms with van der Waals surface area (Å²) in [5.74, 6) is 0.185. The van der Waals surface area contributed by atoms with Gasteiger partial charge >= 0.3 is 0 Å². The minimum Gasteiger partial charge on any atom is -0.350 e. The van der Waals surface area contributed by atoms with Crippen LogP contribution in [0.4, 0.5) is 10.3 Å². The number of likely N-dealkylation sites (tertiary alicyclic amines) is 1. The van der Waals surface area contributed by atoms with Crippen LogP contribution in [-0.4, -0.2) is 33.9 Å².